The fourth-order valence-electron chi connectivity index (χ4n) is 1.53. The van der Waals surface area contributed by atoms with Crippen molar-refractivity contribution in [3.05, 3.63) is 12.2 Å². The summed E-state index contributed by atoms with van der Waals surface area (Å²) < 4.78 is 10.1. The van der Waals surface area contributed by atoms with Crippen molar-refractivity contribution >= 4 is 5.97 Å². The Balaban J connectivity index is 2.39. The normalized spacial score (nSPS) is 31.6. The molecule has 0 aromatic rings. The quantitative estimate of drug-likeness (QED) is 0.399. The number of carbonyl (C=O) groups excluding carboxylic acids is 1. The van der Waals surface area contributed by atoms with Crippen molar-refractivity contribution in [3.63, 3.8) is 0 Å². The molecule has 0 N–H and O–H groups in total. The van der Waals surface area contributed by atoms with Gasteiger partial charge in [0.15, 0.2) is 0 Å². The van der Waals surface area contributed by atoms with Crippen molar-refractivity contribution < 1.29 is 14.3 Å². The van der Waals surface area contributed by atoms with Crippen LogP contribution in [0.5, 0.6) is 0 Å². The Morgan fingerprint density at radius 2 is 2.33 bits per heavy atom. The van der Waals surface area contributed by atoms with E-state index in [2.05, 4.69) is 18.6 Å². The minimum absolute atomic E-state index is 0.252. The second-order valence-electron chi connectivity index (χ2n) is 4.40. The van der Waals surface area contributed by atoms with Crippen LogP contribution in [0.15, 0.2) is 12.2 Å². The molecule has 1 rings (SSSR count). The zero-order valence-corrected chi connectivity index (χ0v) is 9.95. The number of methoxy groups -OCH3 is 1. The summed E-state index contributed by atoms with van der Waals surface area (Å²) in [7, 11) is 1.37. The molecule has 0 aliphatic carbocycles. The SMILES string of the molecule is CCC(C)CC1OC1(C)C=CC(=O)OC. The maximum Gasteiger partial charge on any atom is 0.330 e. The van der Waals surface area contributed by atoms with Crippen molar-refractivity contribution in [2.24, 2.45) is 5.92 Å². The first-order valence-electron chi connectivity index (χ1n) is 5.46. The lowest BCUT2D eigenvalue weighted by atomic mass is 9.96. The molecule has 3 unspecified atom stereocenters. The lowest BCUT2D eigenvalue weighted by Gasteiger charge is -2.05. The number of rotatable bonds is 5. The molecule has 3 atom stereocenters. The summed E-state index contributed by atoms with van der Waals surface area (Å²) in [6.45, 7) is 6.39. The molecule has 1 heterocycles. The van der Waals surface area contributed by atoms with Gasteiger partial charge in [0.05, 0.1) is 13.2 Å². The van der Waals surface area contributed by atoms with Crippen LogP contribution in [0.4, 0.5) is 0 Å². The number of ether oxygens (including phenoxy) is 2. The van der Waals surface area contributed by atoms with Crippen LogP contribution in [-0.4, -0.2) is 24.8 Å². The number of carbonyl (C=O) groups is 1. The van der Waals surface area contributed by atoms with E-state index in [4.69, 9.17) is 4.74 Å². The van der Waals surface area contributed by atoms with Crippen LogP contribution in [0.2, 0.25) is 0 Å². The predicted molar refractivity (Wildman–Crippen MR) is 58.5 cm³/mol. The highest BCUT2D eigenvalue weighted by Gasteiger charge is 2.50. The molecule has 1 aliphatic heterocycles. The number of hydrogen-bond acceptors (Lipinski definition) is 3. The van der Waals surface area contributed by atoms with E-state index in [-0.39, 0.29) is 17.7 Å². The standard InChI is InChI=1S/C12H20O3/c1-5-9(2)8-10-12(3,15-10)7-6-11(13)14-4/h6-7,9-10H,5,8H2,1-4H3. The van der Waals surface area contributed by atoms with Gasteiger partial charge in [-0.05, 0) is 25.3 Å². The molecular formula is C12H20O3. The van der Waals surface area contributed by atoms with E-state index in [1.807, 2.05) is 6.92 Å². The minimum atomic E-state index is -0.325. The van der Waals surface area contributed by atoms with E-state index in [0.29, 0.717) is 5.92 Å². The average molecular weight is 212 g/mol. The summed E-state index contributed by atoms with van der Waals surface area (Å²) in [6, 6.07) is 0. The minimum Gasteiger partial charge on any atom is -0.466 e. The van der Waals surface area contributed by atoms with E-state index in [1.165, 1.54) is 13.2 Å². The molecule has 1 saturated heterocycles. The van der Waals surface area contributed by atoms with Crippen LogP contribution in [-0.2, 0) is 14.3 Å². The molecule has 1 fully saturated rings. The maximum atomic E-state index is 10.9. The predicted octanol–water partition coefficient (Wildman–Crippen LogP) is 2.31. The first-order valence-corrected chi connectivity index (χ1v) is 5.46. The second-order valence-corrected chi connectivity index (χ2v) is 4.40. The van der Waals surface area contributed by atoms with Gasteiger partial charge in [-0.25, -0.2) is 4.79 Å². The van der Waals surface area contributed by atoms with Gasteiger partial charge in [0.1, 0.15) is 5.60 Å². The van der Waals surface area contributed by atoms with Crippen molar-refractivity contribution in [1.82, 2.24) is 0 Å². The Morgan fingerprint density at radius 1 is 1.67 bits per heavy atom. The molecule has 0 amide bonds. The molecule has 86 valence electrons. The Morgan fingerprint density at radius 3 is 2.87 bits per heavy atom. The van der Waals surface area contributed by atoms with E-state index >= 15 is 0 Å². The highest BCUT2D eigenvalue weighted by atomic mass is 16.6. The third kappa shape index (κ3) is 3.34. The second kappa shape index (κ2) is 4.79. The summed E-state index contributed by atoms with van der Waals surface area (Å²) in [5, 5.41) is 0. The Labute approximate surface area is 91.4 Å². The highest BCUT2D eigenvalue weighted by Crippen LogP contribution is 2.41. The molecule has 0 aromatic heterocycles. The molecule has 3 heteroatoms. The molecule has 0 saturated carbocycles. The van der Waals surface area contributed by atoms with Crippen molar-refractivity contribution in [2.75, 3.05) is 7.11 Å². The largest absolute Gasteiger partial charge is 0.466 e. The first-order chi connectivity index (χ1) is 7.01. The lowest BCUT2D eigenvalue weighted by Crippen LogP contribution is -2.10. The van der Waals surface area contributed by atoms with Crippen molar-refractivity contribution in [3.8, 4) is 0 Å². The van der Waals surface area contributed by atoms with Gasteiger partial charge in [-0.2, -0.15) is 0 Å². The van der Waals surface area contributed by atoms with E-state index in [1.54, 1.807) is 6.08 Å². The number of esters is 1. The van der Waals surface area contributed by atoms with Gasteiger partial charge in [-0.15, -0.1) is 0 Å². The van der Waals surface area contributed by atoms with Crippen LogP contribution in [0.3, 0.4) is 0 Å². The van der Waals surface area contributed by atoms with E-state index in [0.717, 1.165) is 12.8 Å². The number of hydrogen-bond donors (Lipinski definition) is 0. The van der Waals surface area contributed by atoms with Gasteiger partial charge in [0.2, 0.25) is 0 Å². The van der Waals surface area contributed by atoms with Crippen molar-refractivity contribution in [1.29, 1.82) is 0 Å². The molecule has 0 spiro atoms. The maximum absolute atomic E-state index is 10.9. The first kappa shape index (κ1) is 12.2. The molecular weight excluding hydrogens is 192 g/mol. The zero-order chi connectivity index (χ0) is 11.5. The summed E-state index contributed by atoms with van der Waals surface area (Å²) in [4.78, 5) is 10.9. The van der Waals surface area contributed by atoms with Crippen molar-refractivity contribution in [2.45, 2.75) is 45.3 Å². The van der Waals surface area contributed by atoms with E-state index < -0.39 is 0 Å². The molecule has 3 nitrogen and oxygen atoms in total. The van der Waals surface area contributed by atoms with Gasteiger partial charge in [-0.1, -0.05) is 20.3 Å². The highest BCUT2D eigenvalue weighted by molar-refractivity contribution is 5.82. The Hall–Kier alpha value is -0.830. The Kier molecular flexibility index (Phi) is 3.91. The van der Waals surface area contributed by atoms with Crippen LogP contribution in [0.1, 0.15) is 33.6 Å². The van der Waals surface area contributed by atoms with Gasteiger partial charge >= 0.3 is 5.97 Å². The van der Waals surface area contributed by atoms with Crippen LogP contribution in [0, 0.1) is 5.92 Å². The molecule has 0 aromatic carbocycles. The Bertz CT molecular complexity index is 260. The summed E-state index contributed by atoms with van der Waals surface area (Å²) in [5.41, 5.74) is -0.252. The average Bonchev–Trinajstić information content (AvgIpc) is 2.86. The van der Waals surface area contributed by atoms with Crippen LogP contribution < -0.4 is 0 Å². The van der Waals surface area contributed by atoms with Gasteiger partial charge in [-0.3, -0.25) is 0 Å². The fraction of sp³-hybridized carbons (Fsp3) is 0.750. The summed E-state index contributed by atoms with van der Waals surface area (Å²) >= 11 is 0. The van der Waals surface area contributed by atoms with E-state index in [9.17, 15) is 4.79 Å². The van der Waals surface area contributed by atoms with Gasteiger partial charge in [0, 0.05) is 6.08 Å². The molecule has 0 bridgehead atoms. The molecule has 1 aliphatic rings. The van der Waals surface area contributed by atoms with Crippen LogP contribution >= 0.6 is 0 Å². The summed E-state index contributed by atoms with van der Waals surface area (Å²) in [6.07, 6.45) is 5.71. The van der Waals surface area contributed by atoms with Gasteiger partial charge < -0.3 is 9.47 Å². The molecule has 0 radical (unpaired) electrons. The number of epoxide rings is 1. The third-order valence-corrected chi connectivity index (χ3v) is 3.04. The van der Waals surface area contributed by atoms with Crippen LogP contribution in [0.25, 0.3) is 0 Å². The zero-order valence-electron chi connectivity index (χ0n) is 9.95. The topological polar surface area (TPSA) is 38.8 Å². The molecule has 15 heavy (non-hydrogen) atoms. The monoisotopic (exact) mass is 212 g/mol. The third-order valence-electron chi connectivity index (χ3n) is 3.04. The smallest absolute Gasteiger partial charge is 0.330 e. The van der Waals surface area contributed by atoms with Gasteiger partial charge in [0.25, 0.3) is 0 Å². The summed E-state index contributed by atoms with van der Waals surface area (Å²) in [5.74, 6) is 0.345. The lowest BCUT2D eigenvalue weighted by molar-refractivity contribution is -0.134. The fourth-order valence-corrected chi connectivity index (χ4v) is 1.53.